The van der Waals surface area contributed by atoms with Gasteiger partial charge in [0.25, 0.3) is 0 Å². The molecule has 3 heteroatoms. The van der Waals surface area contributed by atoms with Crippen LogP contribution in [0.2, 0.25) is 0 Å². The van der Waals surface area contributed by atoms with Crippen LogP contribution in [0.25, 0.3) is 0 Å². The maximum Gasteiger partial charge on any atom is 0.339 e. The number of carbonyl (C=O) groups is 1. The standard InChI is InChI=1S/C11H11NO2/c1-11(10(13)14-2)9(12-11)8-6-4-3-5-7-8/h3-7H,1-2H3/t11-/m1/s1. The highest BCUT2D eigenvalue weighted by atomic mass is 16.5. The second-order valence-electron chi connectivity index (χ2n) is 3.39. The molecular weight excluding hydrogens is 178 g/mol. The molecule has 0 aliphatic carbocycles. The third-order valence-corrected chi connectivity index (χ3v) is 2.38. The van der Waals surface area contributed by atoms with Crippen LogP contribution in [-0.2, 0) is 9.53 Å². The molecule has 2 rings (SSSR count). The minimum Gasteiger partial charge on any atom is -0.467 e. The van der Waals surface area contributed by atoms with E-state index in [1.54, 1.807) is 6.92 Å². The fourth-order valence-corrected chi connectivity index (χ4v) is 1.48. The van der Waals surface area contributed by atoms with Crippen LogP contribution < -0.4 is 0 Å². The van der Waals surface area contributed by atoms with E-state index in [0.717, 1.165) is 11.3 Å². The Morgan fingerprint density at radius 2 is 2.00 bits per heavy atom. The summed E-state index contributed by atoms with van der Waals surface area (Å²) in [4.78, 5) is 15.5. The zero-order chi connectivity index (χ0) is 10.2. The summed E-state index contributed by atoms with van der Waals surface area (Å²) in [5.74, 6) is -0.295. The van der Waals surface area contributed by atoms with Crippen molar-refractivity contribution in [3.63, 3.8) is 0 Å². The number of carbonyl (C=O) groups excluding carboxylic acids is 1. The first-order chi connectivity index (χ1) is 6.68. The van der Waals surface area contributed by atoms with Gasteiger partial charge in [0.2, 0.25) is 0 Å². The number of ether oxygens (including phenoxy) is 1. The van der Waals surface area contributed by atoms with Gasteiger partial charge in [-0.05, 0) is 12.5 Å². The quantitative estimate of drug-likeness (QED) is 0.660. The van der Waals surface area contributed by atoms with Crippen LogP contribution >= 0.6 is 0 Å². The Hall–Kier alpha value is -1.64. The molecular formula is C11H11NO2. The fraction of sp³-hybridized carbons (Fsp3) is 0.273. The molecule has 0 saturated carbocycles. The van der Waals surface area contributed by atoms with E-state index in [4.69, 9.17) is 0 Å². The van der Waals surface area contributed by atoms with Crippen LogP contribution in [-0.4, -0.2) is 24.3 Å². The highest BCUT2D eigenvalue weighted by Crippen LogP contribution is 2.33. The Morgan fingerprint density at radius 3 is 2.57 bits per heavy atom. The number of hydrogen-bond acceptors (Lipinski definition) is 3. The molecule has 0 N–H and O–H groups in total. The Morgan fingerprint density at radius 1 is 1.36 bits per heavy atom. The molecule has 1 atom stereocenters. The highest BCUT2D eigenvalue weighted by Gasteiger charge is 2.51. The average Bonchev–Trinajstić information content (AvgIpc) is 2.92. The lowest BCUT2D eigenvalue weighted by Crippen LogP contribution is -2.28. The smallest absolute Gasteiger partial charge is 0.339 e. The van der Waals surface area contributed by atoms with Crippen molar-refractivity contribution in [2.75, 3.05) is 7.11 Å². The first-order valence-electron chi connectivity index (χ1n) is 4.42. The number of aliphatic imine (C=N–C) groups is 1. The summed E-state index contributed by atoms with van der Waals surface area (Å²) in [6.45, 7) is 1.77. The zero-order valence-corrected chi connectivity index (χ0v) is 8.15. The number of benzene rings is 1. The number of rotatable bonds is 2. The Bertz CT molecular complexity index is 397. The number of methoxy groups -OCH3 is 1. The van der Waals surface area contributed by atoms with Crippen molar-refractivity contribution in [2.24, 2.45) is 4.99 Å². The van der Waals surface area contributed by atoms with Gasteiger partial charge in [-0.2, -0.15) is 0 Å². The molecule has 0 unspecified atom stereocenters. The lowest BCUT2D eigenvalue weighted by atomic mass is 10.0. The van der Waals surface area contributed by atoms with Crippen LogP contribution in [0.15, 0.2) is 35.3 Å². The van der Waals surface area contributed by atoms with E-state index in [1.165, 1.54) is 7.11 Å². The van der Waals surface area contributed by atoms with Crippen molar-refractivity contribution >= 4 is 11.7 Å². The minimum atomic E-state index is -0.740. The Balaban J connectivity index is 2.20. The number of nitrogens with zero attached hydrogens (tertiary/aromatic N) is 1. The molecule has 0 saturated heterocycles. The van der Waals surface area contributed by atoms with Gasteiger partial charge in [0.15, 0.2) is 5.54 Å². The summed E-state index contributed by atoms with van der Waals surface area (Å²) >= 11 is 0. The highest BCUT2D eigenvalue weighted by molar-refractivity contribution is 6.28. The second-order valence-corrected chi connectivity index (χ2v) is 3.39. The number of hydrogen-bond donors (Lipinski definition) is 0. The van der Waals surface area contributed by atoms with Gasteiger partial charge in [-0.25, -0.2) is 4.79 Å². The molecule has 1 aliphatic heterocycles. The third kappa shape index (κ3) is 1.21. The fourth-order valence-electron chi connectivity index (χ4n) is 1.48. The van der Waals surface area contributed by atoms with Gasteiger partial charge in [0.1, 0.15) is 0 Å². The van der Waals surface area contributed by atoms with Gasteiger partial charge < -0.3 is 4.74 Å². The summed E-state index contributed by atoms with van der Waals surface area (Å²) in [6, 6.07) is 9.66. The molecule has 0 spiro atoms. The van der Waals surface area contributed by atoms with E-state index in [9.17, 15) is 4.79 Å². The topological polar surface area (TPSA) is 38.7 Å². The zero-order valence-electron chi connectivity index (χ0n) is 8.15. The van der Waals surface area contributed by atoms with E-state index in [1.807, 2.05) is 30.3 Å². The van der Waals surface area contributed by atoms with Crippen LogP contribution in [0, 0.1) is 0 Å². The third-order valence-electron chi connectivity index (χ3n) is 2.38. The van der Waals surface area contributed by atoms with E-state index < -0.39 is 5.54 Å². The lowest BCUT2D eigenvalue weighted by molar-refractivity contribution is -0.142. The first-order valence-corrected chi connectivity index (χ1v) is 4.42. The molecule has 1 aromatic carbocycles. The van der Waals surface area contributed by atoms with Crippen molar-refractivity contribution in [1.82, 2.24) is 0 Å². The molecule has 14 heavy (non-hydrogen) atoms. The molecule has 1 heterocycles. The molecule has 1 aromatic rings. The Labute approximate surface area is 82.4 Å². The monoisotopic (exact) mass is 189 g/mol. The van der Waals surface area contributed by atoms with Gasteiger partial charge in [-0.1, -0.05) is 30.3 Å². The maximum absolute atomic E-state index is 11.3. The van der Waals surface area contributed by atoms with Crippen molar-refractivity contribution in [2.45, 2.75) is 12.5 Å². The van der Waals surface area contributed by atoms with Gasteiger partial charge >= 0.3 is 5.97 Å². The lowest BCUT2D eigenvalue weighted by Gasteiger charge is -2.05. The Kier molecular flexibility index (Phi) is 1.88. The van der Waals surface area contributed by atoms with Crippen LogP contribution in [0.3, 0.4) is 0 Å². The van der Waals surface area contributed by atoms with Crippen molar-refractivity contribution in [3.05, 3.63) is 35.9 Å². The molecule has 1 aliphatic rings. The molecule has 3 nitrogen and oxygen atoms in total. The normalized spacial score (nSPS) is 24.0. The summed E-state index contributed by atoms with van der Waals surface area (Å²) in [6.07, 6.45) is 0. The minimum absolute atomic E-state index is 0.295. The van der Waals surface area contributed by atoms with Gasteiger partial charge in [-0.15, -0.1) is 0 Å². The van der Waals surface area contributed by atoms with Gasteiger partial charge in [-0.3, -0.25) is 4.99 Å². The predicted molar refractivity (Wildman–Crippen MR) is 53.4 cm³/mol. The molecule has 0 aromatic heterocycles. The molecule has 72 valence electrons. The molecule has 0 radical (unpaired) electrons. The summed E-state index contributed by atoms with van der Waals surface area (Å²) in [5, 5.41) is 0. The SMILES string of the molecule is COC(=O)[C@]1(C)N=C1c1ccccc1. The van der Waals surface area contributed by atoms with E-state index in [2.05, 4.69) is 9.73 Å². The van der Waals surface area contributed by atoms with E-state index >= 15 is 0 Å². The van der Waals surface area contributed by atoms with Crippen LogP contribution in [0.5, 0.6) is 0 Å². The molecule has 0 amide bonds. The summed E-state index contributed by atoms with van der Waals surface area (Å²) in [7, 11) is 1.38. The van der Waals surface area contributed by atoms with E-state index in [-0.39, 0.29) is 5.97 Å². The maximum atomic E-state index is 11.3. The largest absolute Gasteiger partial charge is 0.467 e. The van der Waals surface area contributed by atoms with Crippen molar-refractivity contribution in [1.29, 1.82) is 0 Å². The summed E-state index contributed by atoms with van der Waals surface area (Å²) in [5.41, 5.74) is 1.06. The van der Waals surface area contributed by atoms with Gasteiger partial charge in [0.05, 0.1) is 12.8 Å². The molecule has 0 fully saturated rings. The average molecular weight is 189 g/mol. The first kappa shape index (κ1) is 8.94. The van der Waals surface area contributed by atoms with Crippen molar-refractivity contribution < 1.29 is 9.53 Å². The van der Waals surface area contributed by atoms with Crippen LogP contribution in [0.4, 0.5) is 0 Å². The van der Waals surface area contributed by atoms with E-state index in [0.29, 0.717) is 0 Å². The second kappa shape index (κ2) is 2.94. The van der Waals surface area contributed by atoms with Crippen LogP contribution in [0.1, 0.15) is 12.5 Å². The summed E-state index contributed by atoms with van der Waals surface area (Å²) < 4.78 is 4.68. The predicted octanol–water partition coefficient (Wildman–Crippen LogP) is 1.42. The molecule has 0 bridgehead atoms. The number of esters is 1. The van der Waals surface area contributed by atoms with Gasteiger partial charge in [0, 0.05) is 0 Å². The van der Waals surface area contributed by atoms with Crippen molar-refractivity contribution in [3.8, 4) is 0 Å².